The third-order valence-electron chi connectivity index (χ3n) is 3.17. The van der Waals surface area contributed by atoms with Gasteiger partial charge in [-0.25, -0.2) is 0 Å². The van der Waals surface area contributed by atoms with E-state index in [2.05, 4.69) is 0 Å². The Bertz CT molecular complexity index is 654. The van der Waals surface area contributed by atoms with Crippen molar-refractivity contribution in [2.24, 2.45) is 5.92 Å². The van der Waals surface area contributed by atoms with Gasteiger partial charge in [-0.1, -0.05) is 11.8 Å². The number of rotatable bonds is 4. The van der Waals surface area contributed by atoms with Crippen LogP contribution in [0.25, 0.3) is 0 Å². The molecule has 6 nitrogen and oxygen atoms in total. The minimum absolute atomic E-state index is 0.0263. The quantitative estimate of drug-likeness (QED) is 0.843. The van der Waals surface area contributed by atoms with E-state index in [1.54, 1.807) is 4.90 Å². The van der Waals surface area contributed by atoms with Crippen LogP contribution in [0.15, 0.2) is 29.2 Å². The monoisotopic (exact) mass is 329 g/mol. The molecule has 1 aromatic rings. The van der Waals surface area contributed by atoms with E-state index in [4.69, 9.17) is 4.55 Å². The first-order chi connectivity index (χ1) is 9.77. The van der Waals surface area contributed by atoms with Gasteiger partial charge in [-0.2, -0.15) is 8.42 Å². The molecule has 0 saturated carbocycles. The molecule has 21 heavy (non-hydrogen) atoms. The van der Waals surface area contributed by atoms with E-state index in [0.717, 1.165) is 0 Å². The lowest BCUT2D eigenvalue weighted by Gasteiger charge is -2.16. The summed E-state index contributed by atoms with van der Waals surface area (Å²) < 4.78 is 30.9. The van der Waals surface area contributed by atoms with Crippen LogP contribution in [-0.4, -0.2) is 36.3 Å². The van der Waals surface area contributed by atoms with Crippen LogP contribution >= 0.6 is 11.8 Å². The highest BCUT2D eigenvalue weighted by Crippen LogP contribution is 2.28. The van der Waals surface area contributed by atoms with Gasteiger partial charge in [-0.15, -0.1) is 0 Å². The lowest BCUT2D eigenvalue weighted by atomic mass is 10.1. The van der Waals surface area contributed by atoms with Crippen molar-refractivity contribution >= 4 is 38.6 Å². The molecule has 0 bridgehead atoms. The summed E-state index contributed by atoms with van der Waals surface area (Å²) in [6, 6.07) is 5.49. The number of hydrogen-bond donors (Lipinski definition) is 1. The molecule has 1 amide bonds. The van der Waals surface area contributed by atoms with Gasteiger partial charge >= 0.3 is 0 Å². The normalized spacial score (nSPS) is 19.0. The summed E-state index contributed by atoms with van der Waals surface area (Å²) in [4.78, 5) is 24.3. The van der Waals surface area contributed by atoms with Crippen LogP contribution in [0, 0.1) is 5.92 Å². The molecule has 1 fully saturated rings. The molecule has 1 aliphatic rings. The van der Waals surface area contributed by atoms with Gasteiger partial charge < -0.3 is 4.90 Å². The number of anilines is 1. The minimum Gasteiger partial charge on any atom is -0.312 e. The Morgan fingerprint density at radius 2 is 2.00 bits per heavy atom. The fourth-order valence-corrected chi connectivity index (χ4v) is 3.35. The number of thioether (sulfide) groups is 1. The van der Waals surface area contributed by atoms with E-state index in [-0.39, 0.29) is 21.8 Å². The van der Waals surface area contributed by atoms with Crippen LogP contribution in [-0.2, 0) is 19.7 Å². The van der Waals surface area contributed by atoms with Crippen LogP contribution in [0.2, 0.25) is 0 Å². The van der Waals surface area contributed by atoms with Crippen molar-refractivity contribution in [1.82, 2.24) is 0 Å². The molecule has 1 heterocycles. The van der Waals surface area contributed by atoms with Crippen molar-refractivity contribution in [3.05, 3.63) is 24.3 Å². The molecule has 1 N–H and O–H groups in total. The Balaban J connectivity index is 2.08. The number of hydrogen-bond acceptors (Lipinski definition) is 5. The van der Waals surface area contributed by atoms with Gasteiger partial charge in [-0.05, 0) is 30.2 Å². The molecule has 1 atom stereocenters. The average molecular weight is 329 g/mol. The molecule has 1 unspecified atom stereocenters. The Labute approximate surface area is 127 Å². The maximum absolute atomic E-state index is 12.0. The van der Waals surface area contributed by atoms with Crippen molar-refractivity contribution < 1.29 is 22.6 Å². The second kappa shape index (κ2) is 6.17. The van der Waals surface area contributed by atoms with Crippen LogP contribution in [0.1, 0.15) is 13.3 Å². The molecule has 1 saturated heterocycles. The number of carbonyl (C=O) groups excluding carboxylic acids is 2. The zero-order valence-corrected chi connectivity index (χ0v) is 13.0. The predicted octanol–water partition coefficient (Wildman–Crippen LogP) is 1.57. The first-order valence-electron chi connectivity index (χ1n) is 6.28. The van der Waals surface area contributed by atoms with E-state index in [0.29, 0.717) is 24.4 Å². The molecule has 8 heteroatoms. The number of nitrogens with zero attached hydrogens (tertiary/aromatic N) is 1. The molecule has 0 spiro atoms. The fourth-order valence-electron chi connectivity index (χ4n) is 2.18. The topological polar surface area (TPSA) is 91.8 Å². The fraction of sp³-hybridized carbons (Fsp3) is 0.385. The summed E-state index contributed by atoms with van der Waals surface area (Å²) >= 11 is 1.20. The van der Waals surface area contributed by atoms with Crippen LogP contribution < -0.4 is 4.90 Å². The Morgan fingerprint density at radius 3 is 2.52 bits per heavy atom. The lowest BCUT2D eigenvalue weighted by Crippen LogP contribution is -2.24. The Hall–Kier alpha value is -1.38. The summed E-state index contributed by atoms with van der Waals surface area (Å²) in [5.41, 5.74) is 0.586. The predicted molar refractivity (Wildman–Crippen MR) is 79.9 cm³/mol. The van der Waals surface area contributed by atoms with Gasteiger partial charge in [-0.3, -0.25) is 14.1 Å². The van der Waals surface area contributed by atoms with Gasteiger partial charge in [0.25, 0.3) is 10.1 Å². The SMILES string of the molecule is CC(=O)SCC1CC(=O)N(c2ccc(S(=O)(=O)O)cc2)C1. The maximum atomic E-state index is 12.0. The lowest BCUT2D eigenvalue weighted by molar-refractivity contribution is -0.117. The first-order valence-corrected chi connectivity index (χ1v) is 8.71. The van der Waals surface area contributed by atoms with Gasteiger partial charge in [0.1, 0.15) is 0 Å². The van der Waals surface area contributed by atoms with Crippen LogP contribution in [0.4, 0.5) is 5.69 Å². The summed E-state index contributed by atoms with van der Waals surface area (Å²) in [7, 11) is -4.23. The zero-order chi connectivity index (χ0) is 15.6. The maximum Gasteiger partial charge on any atom is 0.294 e. The van der Waals surface area contributed by atoms with Crippen molar-refractivity contribution in [2.45, 2.75) is 18.2 Å². The minimum atomic E-state index is -4.23. The van der Waals surface area contributed by atoms with Crippen LogP contribution in [0.3, 0.4) is 0 Å². The second-order valence-electron chi connectivity index (χ2n) is 4.85. The molecular formula is C13H15NO5S2. The highest BCUT2D eigenvalue weighted by molar-refractivity contribution is 8.13. The van der Waals surface area contributed by atoms with E-state index >= 15 is 0 Å². The molecular weight excluding hydrogens is 314 g/mol. The Morgan fingerprint density at radius 1 is 1.38 bits per heavy atom. The molecule has 1 aliphatic heterocycles. The molecule has 114 valence electrons. The standard InChI is InChI=1S/C13H15NO5S2/c1-9(15)20-8-10-6-13(16)14(7-10)11-2-4-12(5-3-11)21(17,18)19/h2-5,10H,6-8H2,1H3,(H,17,18,19). The number of benzene rings is 1. The smallest absolute Gasteiger partial charge is 0.294 e. The summed E-state index contributed by atoms with van der Waals surface area (Å²) in [6.45, 7) is 2.00. The average Bonchev–Trinajstić information content (AvgIpc) is 2.77. The van der Waals surface area contributed by atoms with E-state index in [9.17, 15) is 18.0 Å². The molecule has 0 aromatic heterocycles. The zero-order valence-electron chi connectivity index (χ0n) is 11.4. The van der Waals surface area contributed by atoms with Crippen molar-refractivity contribution in [2.75, 3.05) is 17.2 Å². The van der Waals surface area contributed by atoms with Crippen molar-refractivity contribution in [3.63, 3.8) is 0 Å². The number of amides is 1. The number of carbonyl (C=O) groups is 2. The first kappa shape index (κ1) is 16.0. The van der Waals surface area contributed by atoms with Gasteiger partial charge in [0, 0.05) is 31.3 Å². The largest absolute Gasteiger partial charge is 0.312 e. The van der Waals surface area contributed by atoms with E-state index in [1.165, 1.54) is 43.0 Å². The Kier molecular flexibility index (Phi) is 4.70. The van der Waals surface area contributed by atoms with Gasteiger partial charge in [0.15, 0.2) is 5.12 Å². The highest BCUT2D eigenvalue weighted by atomic mass is 32.2. The van der Waals surface area contributed by atoms with E-state index in [1.807, 2.05) is 0 Å². The van der Waals surface area contributed by atoms with Crippen LogP contribution in [0.5, 0.6) is 0 Å². The third-order valence-corrected chi connectivity index (χ3v) is 5.09. The summed E-state index contributed by atoms with van der Waals surface area (Å²) in [5, 5.41) is 0.0263. The van der Waals surface area contributed by atoms with E-state index < -0.39 is 10.1 Å². The van der Waals surface area contributed by atoms with Gasteiger partial charge in [0.2, 0.25) is 5.91 Å². The van der Waals surface area contributed by atoms with Crippen molar-refractivity contribution in [1.29, 1.82) is 0 Å². The molecule has 0 aliphatic carbocycles. The summed E-state index contributed by atoms with van der Waals surface area (Å²) in [6.07, 6.45) is 0.375. The third kappa shape index (κ3) is 4.05. The second-order valence-corrected chi connectivity index (χ2v) is 7.46. The summed E-state index contributed by atoms with van der Waals surface area (Å²) in [5.74, 6) is 0.650. The molecule has 0 radical (unpaired) electrons. The molecule has 2 rings (SSSR count). The van der Waals surface area contributed by atoms with Gasteiger partial charge in [0.05, 0.1) is 4.90 Å². The molecule has 1 aromatic carbocycles. The van der Waals surface area contributed by atoms with Crippen molar-refractivity contribution in [3.8, 4) is 0 Å². The highest BCUT2D eigenvalue weighted by Gasteiger charge is 2.30.